The summed E-state index contributed by atoms with van der Waals surface area (Å²) in [7, 11) is 0. The van der Waals surface area contributed by atoms with Gasteiger partial charge < -0.3 is 35.0 Å². The van der Waals surface area contributed by atoms with Crippen LogP contribution in [0.4, 0.5) is 11.6 Å². The Morgan fingerprint density at radius 3 is 2.27 bits per heavy atom. The van der Waals surface area contributed by atoms with E-state index < -0.39 is 37.3 Å². The van der Waals surface area contributed by atoms with Crippen LogP contribution in [0.2, 0.25) is 0 Å². The summed E-state index contributed by atoms with van der Waals surface area (Å²) in [4.78, 5) is 9.12. The fourth-order valence-electron chi connectivity index (χ4n) is 4.16. The van der Waals surface area contributed by atoms with Crippen LogP contribution in [0.3, 0.4) is 0 Å². The molecule has 1 aliphatic heterocycles. The predicted octanol–water partition coefficient (Wildman–Crippen LogP) is 1.82. The van der Waals surface area contributed by atoms with Crippen molar-refractivity contribution in [2.24, 2.45) is 0 Å². The summed E-state index contributed by atoms with van der Waals surface area (Å²) in [6.07, 6.45) is -0.510. The maximum atomic E-state index is 10.8. The number of fused-ring (bicyclic) bond motifs is 1. The van der Waals surface area contributed by atoms with Crippen molar-refractivity contribution in [3.8, 4) is 11.1 Å². The number of aliphatic hydroxyl groups excluding tert-OH is 4. The third-order valence-corrected chi connectivity index (χ3v) is 6.01. The molecular formula is C24H24N4O5. The summed E-state index contributed by atoms with van der Waals surface area (Å²) >= 11 is 0. The summed E-state index contributed by atoms with van der Waals surface area (Å²) in [5.74, 6) is 0.344. The molecule has 4 aromatic rings. The first kappa shape index (κ1) is 21.5. The van der Waals surface area contributed by atoms with Crippen LogP contribution in [0.1, 0.15) is 6.23 Å². The van der Waals surface area contributed by atoms with Crippen LogP contribution in [0, 0.1) is 0 Å². The Kier molecular flexibility index (Phi) is 5.57. The van der Waals surface area contributed by atoms with Crippen LogP contribution < -0.4 is 5.32 Å². The van der Waals surface area contributed by atoms with Crippen LogP contribution in [-0.2, 0) is 4.74 Å². The number of para-hydroxylation sites is 1. The van der Waals surface area contributed by atoms with Crippen molar-refractivity contribution in [3.63, 3.8) is 0 Å². The maximum absolute atomic E-state index is 10.8. The Morgan fingerprint density at radius 1 is 0.970 bits per heavy atom. The van der Waals surface area contributed by atoms with Crippen LogP contribution in [0.25, 0.3) is 22.2 Å². The quantitative estimate of drug-likeness (QED) is 0.302. The second-order valence-corrected chi connectivity index (χ2v) is 8.06. The van der Waals surface area contributed by atoms with Gasteiger partial charge in [0.2, 0.25) is 5.95 Å². The zero-order chi connectivity index (χ0) is 23.0. The fourth-order valence-corrected chi connectivity index (χ4v) is 4.16. The molecule has 9 heteroatoms. The van der Waals surface area contributed by atoms with Gasteiger partial charge in [0, 0.05) is 29.0 Å². The third kappa shape index (κ3) is 3.65. The molecule has 0 spiro atoms. The molecule has 0 aliphatic carbocycles. The first-order valence-corrected chi connectivity index (χ1v) is 10.6. The highest BCUT2D eigenvalue weighted by atomic mass is 16.6. The molecule has 33 heavy (non-hydrogen) atoms. The molecule has 3 atom stereocenters. The lowest BCUT2D eigenvalue weighted by molar-refractivity contribution is -0.149. The van der Waals surface area contributed by atoms with E-state index >= 15 is 0 Å². The SMILES string of the molecule is OCC1(CO)O[C@@H](n2cc(-c3ccccc3)c3cnc(Nc4ccccc4)nc32)[C@H](O)[C@@H]1O. The predicted molar refractivity (Wildman–Crippen MR) is 122 cm³/mol. The number of nitrogens with zero attached hydrogens (tertiary/aromatic N) is 3. The first-order chi connectivity index (χ1) is 16.1. The highest BCUT2D eigenvalue weighted by molar-refractivity contribution is 5.94. The Bertz CT molecular complexity index is 1240. The van der Waals surface area contributed by atoms with Gasteiger partial charge in [0.05, 0.1) is 13.2 Å². The van der Waals surface area contributed by atoms with Gasteiger partial charge in [0.25, 0.3) is 0 Å². The molecule has 0 amide bonds. The highest BCUT2D eigenvalue weighted by Crippen LogP contribution is 2.40. The summed E-state index contributed by atoms with van der Waals surface area (Å²) < 4.78 is 7.46. The van der Waals surface area contributed by atoms with Gasteiger partial charge >= 0.3 is 0 Å². The number of aromatic nitrogens is 3. The summed E-state index contributed by atoms with van der Waals surface area (Å²) in [6.45, 7) is -1.31. The number of aliphatic hydroxyl groups is 4. The van der Waals surface area contributed by atoms with Gasteiger partial charge in [-0.1, -0.05) is 48.5 Å². The van der Waals surface area contributed by atoms with Gasteiger partial charge in [-0.2, -0.15) is 4.98 Å². The minimum atomic E-state index is -1.69. The molecule has 5 rings (SSSR count). The minimum Gasteiger partial charge on any atom is -0.393 e. The van der Waals surface area contributed by atoms with Gasteiger partial charge in [0.15, 0.2) is 6.23 Å². The van der Waals surface area contributed by atoms with Crippen LogP contribution in [0.15, 0.2) is 73.1 Å². The first-order valence-electron chi connectivity index (χ1n) is 10.6. The normalized spacial score (nSPS) is 22.0. The van der Waals surface area contributed by atoms with Crippen LogP contribution in [-0.4, -0.2) is 66.0 Å². The van der Waals surface area contributed by atoms with E-state index in [1.807, 2.05) is 60.7 Å². The molecule has 5 N–H and O–H groups in total. The highest BCUT2D eigenvalue weighted by Gasteiger charge is 2.54. The monoisotopic (exact) mass is 448 g/mol. The van der Waals surface area contributed by atoms with Crippen LogP contribution in [0.5, 0.6) is 0 Å². The largest absolute Gasteiger partial charge is 0.393 e. The second-order valence-electron chi connectivity index (χ2n) is 8.06. The smallest absolute Gasteiger partial charge is 0.229 e. The van der Waals surface area contributed by atoms with Gasteiger partial charge in [-0.05, 0) is 17.7 Å². The molecule has 0 bridgehead atoms. The van der Waals surface area contributed by atoms with Crippen molar-refractivity contribution < 1.29 is 25.2 Å². The number of hydrogen-bond donors (Lipinski definition) is 5. The Balaban J connectivity index is 1.64. The molecule has 2 aromatic carbocycles. The van der Waals surface area contributed by atoms with E-state index in [-0.39, 0.29) is 0 Å². The molecular weight excluding hydrogens is 424 g/mol. The molecule has 1 aliphatic rings. The minimum absolute atomic E-state index is 0.344. The zero-order valence-electron chi connectivity index (χ0n) is 17.6. The van der Waals surface area contributed by atoms with Crippen molar-refractivity contribution >= 4 is 22.7 Å². The lowest BCUT2D eigenvalue weighted by Gasteiger charge is -2.27. The molecule has 9 nitrogen and oxygen atoms in total. The van der Waals surface area contributed by atoms with Gasteiger partial charge in [-0.3, -0.25) is 0 Å². The molecule has 3 heterocycles. The van der Waals surface area contributed by atoms with Crippen molar-refractivity contribution in [2.75, 3.05) is 18.5 Å². The number of nitrogens with one attached hydrogen (secondary N) is 1. The van der Waals surface area contributed by atoms with Gasteiger partial charge in [0.1, 0.15) is 23.5 Å². The van der Waals surface area contributed by atoms with E-state index in [0.29, 0.717) is 11.6 Å². The summed E-state index contributed by atoms with van der Waals surface area (Å²) in [6, 6.07) is 19.1. The van der Waals surface area contributed by atoms with E-state index in [1.165, 1.54) is 0 Å². The number of benzene rings is 2. The molecule has 0 radical (unpaired) electrons. The maximum Gasteiger partial charge on any atom is 0.229 e. The van der Waals surface area contributed by atoms with Crippen LogP contribution >= 0.6 is 0 Å². The third-order valence-electron chi connectivity index (χ3n) is 6.01. The number of rotatable bonds is 6. The van der Waals surface area contributed by atoms with E-state index in [0.717, 1.165) is 22.2 Å². The zero-order valence-corrected chi connectivity index (χ0v) is 17.6. The standard InChI is InChI=1S/C24H24N4O5/c29-13-24(14-30)20(32)19(31)22(33-24)28-12-18(15-7-3-1-4-8-15)17-11-25-23(27-21(17)28)26-16-9-5-2-6-10-16/h1-12,19-20,22,29-32H,13-14H2,(H,25,26,27)/t19-,20+,22-/m1/s1. The Morgan fingerprint density at radius 2 is 1.64 bits per heavy atom. The van der Waals surface area contributed by atoms with Crippen molar-refractivity contribution in [1.82, 2.24) is 14.5 Å². The lowest BCUT2D eigenvalue weighted by atomic mass is 9.97. The Hall–Kier alpha value is -3.34. The van der Waals surface area contributed by atoms with Crippen molar-refractivity contribution in [1.29, 1.82) is 0 Å². The van der Waals surface area contributed by atoms with Crippen molar-refractivity contribution in [3.05, 3.63) is 73.1 Å². The van der Waals surface area contributed by atoms with E-state index in [1.54, 1.807) is 17.0 Å². The molecule has 2 aromatic heterocycles. The van der Waals surface area contributed by atoms with Gasteiger partial charge in [-0.15, -0.1) is 0 Å². The number of anilines is 2. The molecule has 1 fully saturated rings. The summed E-state index contributed by atoms with van der Waals surface area (Å²) in [5, 5.41) is 44.7. The second kappa shape index (κ2) is 8.54. The topological polar surface area (TPSA) is 133 Å². The fraction of sp³-hybridized carbons (Fsp3) is 0.250. The Labute approximate surface area is 189 Å². The number of ether oxygens (including phenoxy) is 1. The van der Waals surface area contributed by atoms with E-state index in [2.05, 4.69) is 15.3 Å². The van der Waals surface area contributed by atoms with Gasteiger partial charge in [-0.25, -0.2) is 4.98 Å². The van der Waals surface area contributed by atoms with E-state index in [9.17, 15) is 20.4 Å². The van der Waals surface area contributed by atoms with E-state index in [4.69, 9.17) is 4.74 Å². The average molecular weight is 448 g/mol. The lowest BCUT2D eigenvalue weighted by Crippen LogP contribution is -2.49. The average Bonchev–Trinajstić information content (AvgIpc) is 3.35. The van der Waals surface area contributed by atoms with Crippen molar-refractivity contribution in [2.45, 2.75) is 24.0 Å². The number of hydrogen-bond acceptors (Lipinski definition) is 8. The molecule has 0 saturated carbocycles. The summed E-state index contributed by atoms with van der Waals surface area (Å²) in [5.41, 5.74) is 1.31. The molecule has 170 valence electrons. The molecule has 1 saturated heterocycles. The molecule has 0 unspecified atom stereocenters.